The van der Waals surface area contributed by atoms with Crippen LogP contribution in [0.2, 0.25) is 5.02 Å². The van der Waals surface area contributed by atoms with Crippen molar-refractivity contribution in [3.8, 4) is 11.5 Å². The van der Waals surface area contributed by atoms with Gasteiger partial charge in [0.05, 0.1) is 6.10 Å². The first-order valence-corrected chi connectivity index (χ1v) is 4.59. The van der Waals surface area contributed by atoms with E-state index in [0.717, 1.165) is 6.07 Å². The molecule has 0 aromatic heterocycles. The molecule has 15 heavy (non-hydrogen) atoms. The van der Waals surface area contributed by atoms with E-state index in [1.807, 2.05) is 0 Å². The number of hydrogen-bond acceptors (Lipinski definition) is 4. The molecule has 4 N–H and O–H groups in total. The average molecular weight is 236 g/mol. The smallest absolute Gasteiger partial charge is 0.174 e. The summed E-state index contributed by atoms with van der Waals surface area (Å²) in [5, 5.41) is 30.2. The molecular weight excluding hydrogens is 225 g/mol. The molecule has 84 valence electrons. The fourth-order valence-electron chi connectivity index (χ4n) is 1.17. The van der Waals surface area contributed by atoms with Crippen LogP contribution in [0.4, 0.5) is 4.39 Å². The summed E-state index contributed by atoms with van der Waals surface area (Å²) in [4.78, 5) is 0. The van der Waals surface area contributed by atoms with Gasteiger partial charge in [-0.2, -0.15) is 0 Å². The third kappa shape index (κ3) is 2.31. The summed E-state index contributed by atoms with van der Waals surface area (Å²) in [6.07, 6.45) is -1.09. The summed E-state index contributed by atoms with van der Waals surface area (Å²) < 4.78 is 13.0. The number of aromatic hydroxyl groups is 2. The molecule has 0 aliphatic carbocycles. The Hall–Kier alpha value is -1.04. The number of aliphatic hydroxyl groups is 1. The molecule has 0 heterocycles. The minimum Gasteiger partial charge on any atom is -0.506 e. The van der Waals surface area contributed by atoms with E-state index in [4.69, 9.17) is 16.7 Å². The molecule has 0 amide bonds. The molecule has 1 aromatic carbocycles. The standard InChI is InChI=1S/C9H11ClFNO3/c1-12-3-6(13)4-2-5(11)9(15)7(10)8(4)14/h2,6,12-15H,3H2,1H3. The van der Waals surface area contributed by atoms with Crippen molar-refractivity contribution in [2.24, 2.45) is 0 Å². The lowest BCUT2D eigenvalue weighted by molar-refractivity contribution is 0.173. The molecule has 4 nitrogen and oxygen atoms in total. The fourth-order valence-corrected chi connectivity index (χ4v) is 1.37. The molecule has 1 rings (SSSR count). The molecule has 0 aliphatic heterocycles. The van der Waals surface area contributed by atoms with E-state index in [2.05, 4.69) is 5.32 Å². The second-order valence-electron chi connectivity index (χ2n) is 3.03. The third-order valence-electron chi connectivity index (χ3n) is 1.95. The lowest BCUT2D eigenvalue weighted by atomic mass is 10.1. The van der Waals surface area contributed by atoms with Crippen LogP contribution in [-0.4, -0.2) is 28.9 Å². The maximum absolute atomic E-state index is 13.0. The highest BCUT2D eigenvalue weighted by atomic mass is 35.5. The Kier molecular flexibility index (Phi) is 3.73. The average Bonchev–Trinajstić information content (AvgIpc) is 2.20. The maximum atomic E-state index is 13.0. The first kappa shape index (κ1) is 12.0. The Labute approximate surface area is 90.9 Å². The van der Waals surface area contributed by atoms with Gasteiger partial charge in [0.25, 0.3) is 0 Å². The van der Waals surface area contributed by atoms with Gasteiger partial charge in [-0.25, -0.2) is 4.39 Å². The van der Waals surface area contributed by atoms with Crippen LogP contribution in [0, 0.1) is 5.82 Å². The minimum atomic E-state index is -1.09. The molecule has 1 aromatic rings. The van der Waals surface area contributed by atoms with Gasteiger partial charge in [-0.05, 0) is 13.1 Å². The largest absolute Gasteiger partial charge is 0.506 e. The van der Waals surface area contributed by atoms with Crippen LogP contribution in [0.15, 0.2) is 6.07 Å². The van der Waals surface area contributed by atoms with E-state index in [1.165, 1.54) is 0 Å². The van der Waals surface area contributed by atoms with Gasteiger partial charge >= 0.3 is 0 Å². The fraction of sp³-hybridized carbons (Fsp3) is 0.333. The second kappa shape index (κ2) is 4.65. The monoisotopic (exact) mass is 235 g/mol. The summed E-state index contributed by atoms with van der Waals surface area (Å²) in [6, 6.07) is 0.846. The number of hydrogen-bond donors (Lipinski definition) is 4. The Balaban J connectivity index is 3.19. The van der Waals surface area contributed by atoms with Gasteiger partial charge < -0.3 is 20.6 Å². The molecule has 0 aliphatic rings. The van der Waals surface area contributed by atoms with Crippen molar-refractivity contribution in [3.05, 3.63) is 22.5 Å². The van der Waals surface area contributed by atoms with E-state index in [0.29, 0.717) is 0 Å². The molecule has 0 bridgehead atoms. The van der Waals surface area contributed by atoms with E-state index in [-0.39, 0.29) is 12.1 Å². The van der Waals surface area contributed by atoms with Crippen molar-refractivity contribution in [2.45, 2.75) is 6.10 Å². The van der Waals surface area contributed by atoms with E-state index >= 15 is 0 Å². The molecule has 6 heteroatoms. The number of phenolic OH excluding ortho intramolecular Hbond substituents is 2. The first-order valence-electron chi connectivity index (χ1n) is 4.21. The number of aliphatic hydroxyl groups excluding tert-OH is 1. The van der Waals surface area contributed by atoms with Crippen LogP contribution in [-0.2, 0) is 0 Å². The molecule has 0 radical (unpaired) electrons. The number of likely N-dealkylation sites (N-methyl/N-ethyl adjacent to an activating group) is 1. The maximum Gasteiger partial charge on any atom is 0.174 e. The van der Waals surface area contributed by atoms with Gasteiger partial charge in [-0.1, -0.05) is 11.6 Å². The molecule has 0 spiro atoms. The van der Waals surface area contributed by atoms with Crippen molar-refractivity contribution >= 4 is 11.6 Å². The number of halogens is 2. The van der Waals surface area contributed by atoms with Gasteiger partial charge in [0, 0.05) is 12.1 Å². The number of rotatable bonds is 3. The van der Waals surface area contributed by atoms with Crippen LogP contribution >= 0.6 is 11.6 Å². The third-order valence-corrected chi connectivity index (χ3v) is 2.31. The molecule has 0 fully saturated rings. The van der Waals surface area contributed by atoms with Crippen molar-refractivity contribution < 1.29 is 19.7 Å². The topological polar surface area (TPSA) is 72.7 Å². The second-order valence-corrected chi connectivity index (χ2v) is 3.41. The van der Waals surface area contributed by atoms with Gasteiger partial charge in [0.15, 0.2) is 11.6 Å². The number of benzene rings is 1. The summed E-state index contributed by atoms with van der Waals surface area (Å²) in [7, 11) is 1.60. The summed E-state index contributed by atoms with van der Waals surface area (Å²) in [5.41, 5.74) is -0.0651. The Morgan fingerprint density at radius 1 is 1.47 bits per heavy atom. The Morgan fingerprint density at radius 2 is 2.07 bits per heavy atom. The van der Waals surface area contributed by atoms with Gasteiger partial charge in [-0.15, -0.1) is 0 Å². The Morgan fingerprint density at radius 3 is 2.60 bits per heavy atom. The highest BCUT2D eigenvalue weighted by Gasteiger charge is 2.20. The number of nitrogens with one attached hydrogen (secondary N) is 1. The zero-order chi connectivity index (χ0) is 11.6. The molecular formula is C9H11ClFNO3. The Bertz CT molecular complexity index is 373. The zero-order valence-corrected chi connectivity index (χ0v) is 8.72. The highest BCUT2D eigenvalue weighted by molar-refractivity contribution is 6.33. The summed E-state index contributed by atoms with van der Waals surface area (Å²) >= 11 is 5.46. The van der Waals surface area contributed by atoms with E-state index in [1.54, 1.807) is 7.05 Å². The van der Waals surface area contributed by atoms with Crippen LogP contribution in [0.3, 0.4) is 0 Å². The van der Waals surface area contributed by atoms with Gasteiger partial charge in [0.2, 0.25) is 0 Å². The minimum absolute atomic E-state index is 0.0651. The summed E-state index contributed by atoms with van der Waals surface area (Å²) in [5.74, 6) is -2.32. The molecule has 1 unspecified atom stereocenters. The quantitative estimate of drug-likeness (QED) is 0.634. The lowest BCUT2D eigenvalue weighted by Crippen LogP contribution is -2.17. The van der Waals surface area contributed by atoms with Crippen LogP contribution < -0.4 is 5.32 Å². The predicted molar refractivity (Wildman–Crippen MR) is 53.6 cm³/mol. The van der Waals surface area contributed by atoms with Crippen LogP contribution in [0.5, 0.6) is 11.5 Å². The van der Waals surface area contributed by atoms with E-state index in [9.17, 15) is 14.6 Å². The highest BCUT2D eigenvalue weighted by Crippen LogP contribution is 2.39. The number of phenols is 2. The molecule has 0 saturated carbocycles. The van der Waals surface area contributed by atoms with E-state index < -0.39 is 28.4 Å². The molecule has 1 atom stereocenters. The van der Waals surface area contributed by atoms with Crippen molar-refractivity contribution in [1.29, 1.82) is 0 Å². The lowest BCUT2D eigenvalue weighted by Gasteiger charge is -2.14. The van der Waals surface area contributed by atoms with Gasteiger partial charge in [0.1, 0.15) is 10.8 Å². The summed E-state index contributed by atoms with van der Waals surface area (Å²) in [6.45, 7) is 0.133. The predicted octanol–water partition coefficient (Wildman–Crippen LogP) is 1.14. The SMILES string of the molecule is CNCC(O)c1cc(F)c(O)c(Cl)c1O. The van der Waals surface area contributed by atoms with Crippen molar-refractivity contribution in [1.82, 2.24) is 5.32 Å². The zero-order valence-electron chi connectivity index (χ0n) is 7.96. The molecule has 0 saturated heterocycles. The van der Waals surface area contributed by atoms with Crippen molar-refractivity contribution in [2.75, 3.05) is 13.6 Å². The first-order chi connectivity index (χ1) is 6.99. The van der Waals surface area contributed by atoms with Crippen LogP contribution in [0.1, 0.15) is 11.7 Å². The van der Waals surface area contributed by atoms with Crippen LogP contribution in [0.25, 0.3) is 0 Å². The van der Waals surface area contributed by atoms with Crippen molar-refractivity contribution in [3.63, 3.8) is 0 Å². The normalized spacial score (nSPS) is 12.8. The van der Waals surface area contributed by atoms with Gasteiger partial charge in [-0.3, -0.25) is 0 Å².